The molecule has 0 aliphatic heterocycles. The largest absolute Gasteiger partial charge is 0.342 e. The molecule has 7 nitrogen and oxygen atoms in total. The van der Waals surface area contributed by atoms with Gasteiger partial charge in [0.1, 0.15) is 0 Å². The van der Waals surface area contributed by atoms with Crippen LogP contribution >= 0.6 is 11.8 Å². The van der Waals surface area contributed by atoms with Gasteiger partial charge in [0, 0.05) is 18.3 Å². The maximum atomic E-state index is 12.5. The van der Waals surface area contributed by atoms with Gasteiger partial charge in [0.25, 0.3) is 5.91 Å². The summed E-state index contributed by atoms with van der Waals surface area (Å²) in [6.07, 6.45) is 0.850. The van der Waals surface area contributed by atoms with E-state index in [9.17, 15) is 9.59 Å². The van der Waals surface area contributed by atoms with Gasteiger partial charge in [-0.2, -0.15) is 0 Å². The molecule has 3 rings (SSSR count). The van der Waals surface area contributed by atoms with Crippen molar-refractivity contribution in [3.05, 3.63) is 71.0 Å². The Morgan fingerprint density at radius 1 is 1.13 bits per heavy atom. The van der Waals surface area contributed by atoms with E-state index in [0.29, 0.717) is 16.5 Å². The molecule has 3 aromatic rings. The fraction of sp³-hybridized carbons (Fsp3) is 0.304. The van der Waals surface area contributed by atoms with Crippen LogP contribution in [0, 0.1) is 6.92 Å². The van der Waals surface area contributed by atoms with Gasteiger partial charge in [-0.1, -0.05) is 54.6 Å². The van der Waals surface area contributed by atoms with Crippen molar-refractivity contribution < 1.29 is 9.59 Å². The van der Waals surface area contributed by atoms with E-state index < -0.39 is 0 Å². The number of anilines is 1. The van der Waals surface area contributed by atoms with Crippen molar-refractivity contribution in [2.24, 2.45) is 7.05 Å². The zero-order valence-electron chi connectivity index (χ0n) is 18.2. The lowest BCUT2D eigenvalue weighted by atomic mass is 10.1. The highest BCUT2D eigenvalue weighted by Crippen LogP contribution is 2.21. The second kappa shape index (κ2) is 10.3. The minimum Gasteiger partial charge on any atom is -0.342 e. The van der Waals surface area contributed by atoms with Crippen LogP contribution in [0.4, 0.5) is 5.69 Å². The summed E-state index contributed by atoms with van der Waals surface area (Å²) in [5.41, 5.74) is 3.56. The molecule has 0 saturated carbocycles. The highest BCUT2D eigenvalue weighted by atomic mass is 32.2. The summed E-state index contributed by atoms with van der Waals surface area (Å²) in [6, 6.07) is 14.9. The van der Waals surface area contributed by atoms with E-state index in [1.165, 1.54) is 11.8 Å². The zero-order chi connectivity index (χ0) is 22.4. The van der Waals surface area contributed by atoms with Crippen molar-refractivity contribution in [1.29, 1.82) is 0 Å². The van der Waals surface area contributed by atoms with Crippen LogP contribution in [0.15, 0.2) is 53.7 Å². The second-order valence-corrected chi connectivity index (χ2v) is 8.25. The van der Waals surface area contributed by atoms with Gasteiger partial charge in [0.05, 0.1) is 11.8 Å². The Hall–Kier alpha value is -3.13. The lowest BCUT2D eigenvalue weighted by molar-refractivity contribution is -0.113. The summed E-state index contributed by atoms with van der Waals surface area (Å²) in [6.45, 7) is 5.86. The molecule has 162 valence electrons. The highest BCUT2D eigenvalue weighted by Gasteiger charge is 2.19. The summed E-state index contributed by atoms with van der Waals surface area (Å²) in [4.78, 5) is 24.9. The van der Waals surface area contributed by atoms with Gasteiger partial charge < -0.3 is 15.2 Å². The smallest absolute Gasteiger partial charge is 0.251 e. The van der Waals surface area contributed by atoms with Gasteiger partial charge in [-0.05, 0) is 44.0 Å². The Bertz CT molecular complexity index is 1080. The van der Waals surface area contributed by atoms with Crippen LogP contribution in [-0.4, -0.2) is 32.3 Å². The maximum absolute atomic E-state index is 12.5. The Balaban J connectivity index is 1.59. The molecule has 0 saturated heterocycles. The van der Waals surface area contributed by atoms with Gasteiger partial charge in [-0.15, -0.1) is 10.2 Å². The van der Waals surface area contributed by atoms with Crippen molar-refractivity contribution in [2.45, 2.75) is 38.4 Å². The number of hydrogen-bond acceptors (Lipinski definition) is 5. The first-order chi connectivity index (χ1) is 14.9. The van der Waals surface area contributed by atoms with Gasteiger partial charge >= 0.3 is 0 Å². The molecule has 1 aromatic heterocycles. The van der Waals surface area contributed by atoms with Gasteiger partial charge in [0.2, 0.25) is 5.91 Å². The van der Waals surface area contributed by atoms with E-state index in [1.54, 1.807) is 10.6 Å². The number of carbonyl (C=O) groups excluding carboxylic acids is 2. The maximum Gasteiger partial charge on any atom is 0.251 e. The number of rotatable bonds is 8. The molecule has 1 heterocycles. The van der Waals surface area contributed by atoms with Crippen LogP contribution in [0.25, 0.3) is 0 Å². The van der Waals surface area contributed by atoms with E-state index in [2.05, 4.69) is 27.8 Å². The van der Waals surface area contributed by atoms with E-state index in [4.69, 9.17) is 0 Å². The monoisotopic (exact) mass is 437 g/mol. The van der Waals surface area contributed by atoms with Crippen LogP contribution in [0.5, 0.6) is 0 Å². The Morgan fingerprint density at radius 3 is 2.65 bits per heavy atom. The summed E-state index contributed by atoms with van der Waals surface area (Å²) in [5.74, 6) is 0.576. The predicted molar refractivity (Wildman–Crippen MR) is 123 cm³/mol. The molecule has 8 heteroatoms. The third-order valence-electron chi connectivity index (χ3n) is 4.89. The topological polar surface area (TPSA) is 88.9 Å². The van der Waals surface area contributed by atoms with E-state index in [-0.39, 0.29) is 23.6 Å². The summed E-state index contributed by atoms with van der Waals surface area (Å²) in [5, 5.41) is 14.9. The minimum absolute atomic E-state index is 0.101. The van der Waals surface area contributed by atoms with Crippen molar-refractivity contribution in [3.63, 3.8) is 0 Å². The molecule has 2 N–H and O–H groups in total. The second-order valence-electron chi connectivity index (χ2n) is 7.31. The van der Waals surface area contributed by atoms with Gasteiger partial charge in [-0.25, -0.2) is 0 Å². The number of para-hydroxylation sites is 1. The molecule has 0 bridgehead atoms. The van der Waals surface area contributed by atoms with Crippen molar-refractivity contribution in [3.8, 4) is 0 Å². The van der Waals surface area contributed by atoms with E-state index in [0.717, 1.165) is 23.2 Å². The van der Waals surface area contributed by atoms with Crippen molar-refractivity contribution >= 4 is 29.3 Å². The molecular formula is C23H27N5O2S. The van der Waals surface area contributed by atoms with Crippen LogP contribution in [0.1, 0.15) is 47.2 Å². The van der Waals surface area contributed by atoms with E-state index >= 15 is 0 Å². The fourth-order valence-corrected chi connectivity index (χ4v) is 3.94. The Morgan fingerprint density at radius 2 is 1.90 bits per heavy atom. The highest BCUT2D eigenvalue weighted by molar-refractivity contribution is 7.99. The number of carbonyl (C=O) groups is 2. The van der Waals surface area contributed by atoms with Crippen LogP contribution in [-0.2, 0) is 18.3 Å². The number of amides is 2. The molecule has 31 heavy (non-hydrogen) atoms. The normalized spacial score (nSPS) is 11.7. The molecule has 0 aliphatic rings. The average Bonchev–Trinajstić information content (AvgIpc) is 3.13. The lowest BCUT2D eigenvalue weighted by Gasteiger charge is -2.14. The summed E-state index contributed by atoms with van der Waals surface area (Å²) < 4.78 is 1.80. The Kier molecular flexibility index (Phi) is 7.46. The number of aromatic nitrogens is 3. The molecule has 0 fully saturated rings. The number of nitrogens with one attached hydrogen (secondary N) is 2. The molecule has 0 aliphatic carbocycles. The molecule has 2 amide bonds. The third kappa shape index (κ3) is 5.73. The minimum atomic E-state index is -0.329. The number of hydrogen-bond donors (Lipinski definition) is 2. The third-order valence-corrected chi connectivity index (χ3v) is 5.91. The van der Waals surface area contributed by atoms with Gasteiger partial charge in [0.15, 0.2) is 11.0 Å². The number of thioether (sulfide) groups is 1. The van der Waals surface area contributed by atoms with Crippen molar-refractivity contribution in [2.75, 3.05) is 11.1 Å². The van der Waals surface area contributed by atoms with Crippen LogP contribution < -0.4 is 10.6 Å². The van der Waals surface area contributed by atoms with E-state index in [1.807, 2.05) is 63.4 Å². The lowest BCUT2D eigenvalue weighted by Crippen LogP contribution is -2.28. The zero-order valence-corrected chi connectivity index (χ0v) is 19.0. The standard InChI is InChI=1S/C23H27N5O2S/c1-5-17-10-6-7-12-19(17)25-20(29)14-31-23-27-26-21(28(23)4)16(3)24-22(30)18-11-8-9-15(2)13-18/h6-13,16H,5,14H2,1-4H3,(H,24,30)(H,25,29)/t16-/m1/s1. The quantitative estimate of drug-likeness (QED) is 0.522. The fourth-order valence-electron chi connectivity index (χ4n) is 3.23. The van der Waals surface area contributed by atoms with Gasteiger partial charge in [-0.3, -0.25) is 9.59 Å². The average molecular weight is 438 g/mol. The first-order valence-corrected chi connectivity index (χ1v) is 11.1. The van der Waals surface area contributed by atoms with Crippen LogP contribution in [0.2, 0.25) is 0 Å². The molecular weight excluding hydrogens is 410 g/mol. The Labute approximate surface area is 186 Å². The van der Waals surface area contributed by atoms with Crippen LogP contribution in [0.3, 0.4) is 0 Å². The first-order valence-electron chi connectivity index (χ1n) is 10.2. The molecule has 0 unspecified atom stereocenters. The first kappa shape index (κ1) is 22.6. The van der Waals surface area contributed by atoms with Crippen molar-refractivity contribution in [1.82, 2.24) is 20.1 Å². The summed E-state index contributed by atoms with van der Waals surface area (Å²) >= 11 is 1.31. The predicted octanol–water partition coefficient (Wildman–Crippen LogP) is 3.91. The molecule has 0 spiro atoms. The molecule has 2 aromatic carbocycles. The molecule has 1 atom stereocenters. The SMILES string of the molecule is CCc1ccccc1NC(=O)CSc1nnc([C@@H](C)NC(=O)c2cccc(C)c2)n1C. The summed E-state index contributed by atoms with van der Waals surface area (Å²) in [7, 11) is 1.83. The number of aryl methyl sites for hydroxylation is 2. The number of benzene rings is 2. The number of nitrogens with zero attached hydrogens (tertiary/aromatic N) is 3. The molecule has 0 radical (unpaired) electrons.